The van der Waals surface area contributed by atoms with Gasteiger partial charge in [0, 0.05) is 4.47 Å². The van der Waals surface area contributed by atoms with Crippen LogP contribution in [0.15, 0.2) is 40.9 Å². The summed E-state index contributed by atoms with van der Waals surface area (Å²) in [6, 6.07) is 7.32. The summed E-state index contributed by atoms with van der Waals surface area (Å²) < 4.78 is 0.791. The minimum Gasteiger partial charge on any atom is -0.481 e. The van der Waals surface area contributed by atoms with E-state index in [2.05, 4.69) is 21.2 Å². The second-order valence-electron chi connectivity index (χ2n) is 5.31. The van der Waals surface area contributed by atoms with E-state index in [0.29, 0.717) is 5.69 Å². The monoisotopic (exact) mass is 335 g/mol. The Morgan fingerprint density at radius 1 is 1.15 bits per heavy atom. The molecule has 1 fully saturated rings. The molecule has 1 saturated carbocycles. The number of halogens is 1. The first kappa shape index (κ1) is 13.4. The molecule has 0 aromatic heterocycles. The highest BCUT2D eigenvalue weighted by atomic mass is 79.9. The summed E-state index contributed by atoms with van der Waals surface area (Å²) in [6.45, 7) is 0. The summed E-state index contributed by atoms with van der Waals surface area (Å²) in [4.78, 5) is 23.8. The molecule has 0 saturated heterocycles. The maximum Gasteiger partial charge on any atom is 0.307 e. The summed E-state index contributed by atoms with van der Waals surface area (Å²) in [5.74, 6) is -2.13. The number of amides is 1. The lowest BCUT2D eigenvalue weighted by Crippen LogP contribution is -2.36. The third-order valence-corrected chi connectivity index (χ3v) is 4.87. The Kier molecular flexibility index (Phi) is 3.38. The van der Waals surface area contributed by atoms with Crippen molar-refractivity contribution in [2.24, 2.45) is 23.7 Å². The van der Waals surface area contributed by atoms with Crippen molar-refractivity contribution >= 4 is 33.5 Å². The van der Waals surface area contributed by atoms with Gasteiger partial charge in [0.05, 0.1) is 17.5 Å². The molecule has 0 radical (unpaired) electrons. The number of hydrogen-bond acceptors (Lipinski definition) is 2. The summed E-state index contributed by atoms with van der Waals surface area (Å²) in [7, 11) is 0. The van der Waals surface area contributed by atoms with E-state index >= 15 is 0 Å². The van der Waals surface area contributed by atoms with Gasteiger partial charge in [-0.3, -0.25) is 9.59 Å². The number of para-hydroxylation sites is 1. The number of anilines is 1. The highest BCUT2D eigenvalue weighted by Gasteiger charge is 2.51. The highest BCUT2D eigenvalue weighted by molar-refractivity contribution is 9.10. The molecular formula is C15H14BrNO3. The SMILES string of the molecule is O=C(O)[C@@H]1[C@H](C(=O)Nc2ccccc2Br)[C@H]2C=C[C@H]1C2. The number of carbonyl (C=O) groups is 2. The molecule has 2 bridgehead atoms. The van der Waals surface area contributed by atoms with Gasteiger partial charge in [0.2, 0.25) is 5.91 Å². The van der Waals surface area contributed by atoms with Gasteiger partial charge >= 0.3 is 5.97 Å². The van der Waals surface area contributed by atoms with E-state index in [1.807, 2.05) is 30.4 Å². The van der Waals surface area contributed by atoms with Crippen LogP contribution in [-0.4, -0.2) is 17.0 Å². The van der Waals surface area contributed by atoms with Gasteiger partial charge in [0.15, 0.2) is 0 Å². The van der Waals surface area contributed by atoms with Crippen LogP contribution in [0.5, 0.6) is 0 Å². The van der Waals surface area contributed by atoms with Crippen molar-refractivity contribution in [1.29, 1.82) is 0 Å². The van der Waals surface area contributed by atoms with Gasteiger partial charge in [-0.25, -0.2) is 0 Å². The Morgan fingerprint density at radius 3 is 2.45 bits per heavy atom. The molecule has 2 aliphatic rings. The molecule has 20 heavy (non-hydrogen) atoms. The molecule has 3 rings (SSSR count). The van der Waals surface area contributed by atoms with Crippen LogP contribution < -0.4 is 5.32 Å². The highest BCUT2D eigenvalue weighted by Crippen LogP contribution is 2.48. The number of allylic oxidation sites excluding steroid dienone is 2. The normalized spacial score (nSPS) is 30.4. The van der Waals surface area contributed by atoms with Crippen molar-refractivity contribution in [2.45, 2.75) is 6.42 Å². The fourth-order valence-corrected chi connectivity index (χ4v) is 3.68. The van der Waals surface area contributed by atoms with Crippen molar-refractivity contribution in [3.63, 3.8) is 0 Å². The molecule has 4 atom stereocenters. The van der Waals surface area contributed by atoms with Gasteiger partial charge in [-0.1, -0.05) is 24.3 Å². The van der Waals surface area contributed by atoms with Crippen LogP contribution >= 0.6 is 15.9 Å². The van der Waals surface area contributed by atoms with Gasteiger partial charge in [-0.2, -0.15) is 0 Å². The fourth-order valence-electron chi connectivity index (χ4n) is 3.29. The predicted octanol–water partition coefficient (Wildman–Crippen LogP) is 2.91. The van der Waals surface area contributed by atoms with E-state index in [0.717, 1.165) is 10.9 Å². The molecule has 0 aliphatic heterocycles. The largest absolute Gasteiger partial charge is 0.481 e. The molecule has 0 heterocycles. The number of hydrogen-bond donors (Lipinski definition) is 2. The molecule has 1 amide bonds. The zero-order chi connectivity index (χ0) is 14.3. The first-order chi connectivity index (χ1) is 9.58. The smallest absolute Gasteiger partial charge is 0.307 e. The van der Waals surface area contributed by atoms with Gasteiger partial charge in [0.1, 0.15) is 0 Å². The van der Waals surface area contributed by atoms with E-state index in [4.69, 9.17) is 0 Å². The van der Waals surface area contributed by atoms with E-state index in [9.17, 15) is 14.7 Å². The molecule has 0 spiro atoms. The summed E-state index contributed by atoms with van der Waals surface area (Å²) >= 11 is 3.37. The summed E-state index contributed by atoms with van der Waals surface area (Å²) in [6.07, 6.45) is 4.69. The van der Waals surface area contributed by atoms with E-state index in [1.165, 1.54) is 0 Å². The Balaban J connectivity index is 1.82. The van der Waals surface area contributed by atoms with Crippen LogP contribution in [0.3, 0.4) is 0 Å². The number of aliphatic carboxylic acids is 1. The lowest BCUT2D eigenvalue weighted by Gasteiger charge is -2.24. The maximum absolute atomic E-state index is 12.4. The fraction of sp³-hybridized carbons (Fsp3) is 0.333. The lowest BCUT2D eigenvalue weighted by atomic mass is 9.82. The summed E-state index contributed by atoms with van der Waals surface area (Å²) in [5.41, 5.74) is 0.674. The Bertz CT molecular complexity index is 599. The predicted molar refractivity (Wildman–Crippen MR) is 78.1 cm³/mol. The number of benzene rings is 1. The van der Waals surface area contributed by atoms with Gasteiger partial charge in [-0.05, 0) is 46.3 Å². The molecule has 5 heteroatoms. The zero-order valence-electron chi connectivity index (χ0n) is 10.6. The molecule has 0 unspecified atom stereocenters. The number of nitrogens with one attached hydrogen (secondary N) is 1. The van der Waals surface area contributed by atoms with Crippen molar-refractivity contribution in [2.75, 3.05) is 5.32 Å². The minimum atomic E-state index is -0.880. The van der Waals surface area contributed by atoms with Crippen LogP contribution in [0, 0.1) is 23.7 Å². The number of carboxylic acids is 1. The molecule has 2 aliphatic carbocycles. The Hall–Kier alpha value is -1.62. The average Bonchev–Trinajstić information content (AvgIpc) is 3.01. The number of rotatable bonds is 3. The van der Waals surface area contributed by atoms with Crippen molar-refractivity contribution in [1.82, 2.24) is 0 Å². The topological polar surface area (TPSA) is 66.4 Å². The lowest BCUT2D eigenvalue weighted by molar-refractivity contribution is -0.146. The second-order valence-corrected chi connectivity index (χ2v) is 6.16. The molecule has 4 nitrogen and oxygen atoms in total. The second kappa shape index (κ2) is 5.05. The molecule has 1 aromatic rings. The molecule has 2 N–H and O–H groups in total. The summed E-state index contributed by atoms with van der Waals surface area (Å²) in [5, 5.41) is 12.2. The number of fused-ring (bicyclic) bond motifs is 2. The molecule has 1 aromatic carbocycles. The van der Waals surface area contributed by atoms with Crippen molar-refractivity contribution in [3.8, 4) is 0 Å². The van der Waals surface area contributed by atoms with Gasteiger partial charge in [0.25, 0.3) is 0 Å². The average molecular weight is 336 g/mol. The van der Waals surface area contributed by atoms with Crippen LogP contribution in [0.25, 0.3) is 0 Å². The van der Waals surface area contributed by atoms with Crippen molar-refractivity contribution in [3.05, 3.63) is 40.9 Å². The Morgan fingerprint density at radius 2 is 1.80 bits per heavy atom. The first-order valence-corrected chi connectivity index (χ1v) is 7.34. The third-order valence-electron chi connectivity index (χ3n) is 4.18. The standard InChI is InChI=1S/C15H14BrNO3/c16-10-3-1-2-4-11(10)17-14(18)12-8-5-6-9(7-8)13(12)15(19)20/h1-6,8-9,12-13H,7H2,(H,17,18)(H,19,20)/t8-,9-,12+,13-/m0/s1. The molecule has 104 valence electrons. The van der Waals surface area contributed by atoms with E-state index in [-0.39, 0.29) is 17.7 Å². The van der Waals surface area contributed by atoms with Crippen LogP contribution in [0.4, 0.5) is 5.69 Å². The van der Waals surface area contributed by atoms with Crippen molar-refractivity contribution < 1.29 is 14.7 Å². The quantitative estimate of drug-likeness (QED) is 0.834. The zero-order valence-corrected chi connectivity index (χ0v) is 12.2. The minimum absolute atomic E-state index is 0.00698. The number of carbonyl (C=O) groups excluding carboxylic acids is 1. The third kappa shape index (κ3) is 2.16. The van der Waals surface area contributed by atoms with Gasteiger partial charge < -0.3 is 10.4 Å². The van der Waals surface area contributed by atoms with E-state index < -0.39 is 17.8 Å². The van der Waals surface area contributed by atoms with Crippen LogP contribution in [0.2, 0.25) is 0 Å². The van der Waals surface area contributed by atoms with Crippen LogP contribution in [0.1, 0.15) is 6.42 Å². The first-order valence-electron chi connectivity index (χ1n) is 6.54. The van der Waals surface area contributed by atoms with Crippen LogP contribution in [-0.2, 0) is 9.59 Å². The maximum atomic E-state index is 12.4. The van der Waals surface area contributed by atoms with E-state index in [1.54, 1.807) is 6.07 Å². The van der Waals surface area contributed by atoms with Gasteiger partial charge in [-0.15, -0.1) is 0 Å². The number of carboxylic acid groups (broad SMARTS) is 1. The molecular weight excluding hydrogens is 322 g/mol. The Labute approximate surface area is 125 Å².